The highest BCUT2D eigenvalue weighted by molar-refractivity contribution is 9.10. The Morgan fingerprint density at radius 1 is 1.41 bits per heavy atom. The van der Waals surface area contributed by atoms with E-state index in [1.54, 1.807) is 0 Å². The van der Waals surface area contributed by atoms with Crippen LogP contribution in [-0.2, 0) is 0 Å². The van der Waals surface area contributed by atoms with Crippen LogP contribution < -0.4 is 10.1 Å². The molecule has 0 aliphatic carbocycles. The van der Waals surface area contributed by atoms with Gasteiger partial charge in [-0.05, 0) is 41.9 Å². The molecule has 116 valence electrons. The highest BCUT2D eigenvalue weighted by atomic mass is 79.9. The molecule has 0 saturated heterocycles. The summed E-state index contributed by atoms with van der Waals surface area (Å²) in [5.41, 5.74) is 1.72. The van der Waals surface area contributed by atoms with Crippen molar-refractivity contribution in [2.45, 2.75) is 32.4 Å². The van der Waals surface area contributed by atoms with Crippen LogP contribution in [0.25, 0.3) is 0 Å². The predicted octanol–water partition coefficient (Wildman–Crippen LogP) is 4.09. The largest absolute Gasteiger partial charge is 0.493 e. The number of nitrogens with zero attached hydrogens (tertiary/aromatic N) is 1. The summed E-state index contributed by atoms with van der Waals surface area (Å²) in [5, 5.41) is 3.14. The maximum Gasteiger partial charge on any atom is 0.268 e. The summed E-state index contributed by atoms with van der Waals surface area (Å²) in [6.07, 6.45) is 2.73. The molecule has 0 saturated carbocycles. The van der Waals surface area contributed by atoms with Gasteiger partial charge in [0.2, 0.25) is 0 Å². The van der Waals surface area contributed by atoms with Crippen LogP contribution in [0.2, 0.25) is 0 Å². The molecule has 2 heterocycles. The van der Waals surface area contributed by atoms with E-state index < -0.39 is 0 Å². The van der Waals surface area contributed by atoms with Gasteiger partial charge in [0, 0.05) is 28.7 Å². The first-order chi connectivity index (χ1) is 10.6. The van der Waals surface area contributed by atoms with Gasteiger partial charge in [0.25, 0.3) is 5.91 Å². The highest BCUT2D eigenvalue weighted by Crippen LogP contribution is 2.32. The number of halogens is 1. The van der Waals surface area contributed by atoms with Crippen LogP contribution in [0.3, 0.4) is 0 Å². The van der Waals surface area contributed by atoms with Crippen LogP contribution in [0.5, 0.6) is 5.75 Å². The van der Waals surface area contributed by atoms with Crippen LogP contribution >= 0.6 is 15.9 Å². The van der Waals surface area contributed by atoms with Gasteiger partial charge >= 0.3 is 0 Å². The van der Waals surface area contributed by atoms with Crippen LogP contribution in [0.4, 0.5) is 0 Å². The molecule has 0 fully saturated rings. The third kappa shape index (κ3) is 2.90. The summed E-state index contributed by atoms with van der Waals surface area (Å²) in [7, 11) is 0. The molecule has 3 rings (SSSR count). The number of nitrogens with one attached hydrogen (secondary N) is 1. The van der Waals surface area contributed by atoms with Gasteiger partial charge < -0.3 is 14.6 Å². The molecule has 1 aliphatic heterocycles. The molecule has 2 aromatic rings. The topological polar surface area (TPSA) is 43.3 Å². The Hall–Kier alpha value is -1.75. The monoisotopic (exact) mass is 362 g/mol. The number of para-hydroxylation sites is 1. The van der Waals surface area contributed by atoms with E-state index >= 15 is 0 Å². The summed E-state index contributed by atoms with van der Waals surface area (Å²) in [4.78, 5) is 12.7. The molecule has 1 aliphatic rings. The SMILES string of the molecule is CC(C)n1cc(Br)cc1C(=O)NC1CCOc2ccccc21. The van der Waals surface area contributed by atoms with E-state index in [9.17, 15) is 4.79 Å². The second-order valence-corrected chi connectivity index (χ2v) is 6.66. The van der Waals surface area contributed by atoms with Gasteiger partial charge in [0.05, 0.1) is 12.6 Å². The highest BCUT2D eigenvalue weighted by Gasteiger charge is 2.24. The third-order valence-electron chi connectivity index (χ3n) is 3.87. The summed E-state index contributed by atoms with van der Waals surface area (Å²) in [5.74, 6) is 0.806. The van der Waals surface area contributed by atoms with Gasteiger partial charge in [-0.15, -0.1) is 0 Å². The van der Waals surface area contributed by atoms with Gasteiger partial charge in [0.15, 0.2) is 0 Å². The van der Waals surface area contributed by atoms with Crippen LogP contribution in [0, 0.1) is 0 Å². The zero-order valence-electron chi connectivity index (χ0n) is 12.7. The second-order valence-electron chi connectivity index (χ2n) is 5.75. The molecular formula is C17H19BrN2O2. The van der Waals surface area contributed by atoms with E-state index in [1.165, 1.54) is 0 Å². The minimum Gasteiger partial charge on any atom is -0.493 e. The molecule has 22 heavy (non-hydrogen) atoms. The van der Waals surface area contributed by atoms with Crippen molar-refractivity contribution in [3.63, 3.8) is 0 Å². The predicted molar refractivity (Wildman–Crippen MR) is 89.3 cm³/mol. The molecule has 1 unspecified atom stereocenters. The molecule has 0 spiro atoms. The van der Waals surface area contributed by atoms with Crippen LogP contribution in [0.15, 0.2) is 41.0 Å². The number of hydrogen-bond donors (Lipinski definition) is 1. The van der Waals surface area contributed by atoms with E-state index in [0.717, 1.165) is 22.2 Å². The number of rotatable bonds is 3. The normalized spacial score (nSPS) is 17.0. The van der Waals surface area contributed by atoms with E-state index in [4.69, 9.17) is 4.74 Å². The van der Waals surface area contributed by atoms with E-state index in [0.29, 0.717) is 12.3 Å². The van der Waals surface area contributed by atoms with Gasteiger partial charge in [-0.3, -0.25) is 4.79 Å². The molecular weight excluding hydrogens is 344 g/mol. The lowest BCUT2D eigenvalue weighted by molar-refractivity contribution is 0.0914. The molecule has 1 atom stereocenters. The first-order valence-electron chi connectivity index (χ1n) is 7.46. The molecule has 1 aromatic carbocycles. The van der Waals surface area contributed by atoms with Crippen LogP contribution in [-0.4, -0.2) is 17.1 Å². The first-order valence-corrected chi connectivity index (χ1v) is 8.25. The average Bonchev–Trinajstić information content (AvgIpc) is 2.90. The van der Waals surface area contributed by atoms with Crippen molar-refractivity contribution in [1.82, 2.24) is 9.88 Å². The minimum absolute atomic E-state index is 0.00765. The fourth-order valence-electron chi connectivity index (χ4n) is 2.78. The lowest BCUT2D eigenvalue weighted by Gasteiger charge is -2.27. The molecule has 4 nitrogen and oxygen atoms in total. The van der Waals surface area contributed by atoms with Gasteiger partial charge in [0.1, 0.15) is 11.4 Å². The van der Waals surface area contributed by atoms with Crippen molar-refractivity contribution in [3.8, 4) is 5.75 Å². The van der Waals surface area contributed by atoms with Gasteiger partial charge in [-0.2, -0.15) is 0 Å². The van der Waals surface area contributed by atoms with Crippen molar-refractivity contribution in [2.75, 3.05) is 6.61 Å². The zero-order chi connectivity index (χ0) is 15.7. The number of fused-ring (bicyclic) bond motifs is 1. The Morgan fingerprint density at radius 3 is 2.95 bits per heavy atom. The summed E-state index contributed by atoms with van der Waals surface area (Å²) < 4.78 is 8.54. The fraction of sp³-hybridized carbons (Fsp3) is 0.353. The summed E-state index contributed by atoms with van der Waals surface area (Å²) in [6.45, 7) is 4.75. The van der Waals surface area contributed by atoms with Crippen molar-refractivity contribution >= 4 is 21.8 Å². The Labute approximate surface area is 138 Å². The van der Waals surface area contributed by atoms with E-state index in [-0.39, 0.29) is 18.0 Å². The maximum atomic E-state index is 12.7. The molecule has 0 radical (unpaired) electrons. The number of amides is 1. The first kappa shape index (κ1) is 15.2. The Kier molecular flexibility index (Phi) is 4.25. The number of carbonyl (C=O) groups is 1. The standard InChI is InChI=1S/C17H19BrN2O2/c1-11(2)20-10-12(18)9-15(20)17(21)19-14-7-8-22-16-6-4-3-5-13(14)16/h3-6,9-11,14H,7-8H2,1-2H3,(H,19,21). The third-order valence-corrected chi connectivity index (χ3v) is 4.30. The van der Waals surface area contributed by atoms with E-state index in [2.05, 4.69) is 35.1 Å². The van der Waals surface area contributed by atoms with Crippen molar-refractivity contribution in [3.05, 3.63) is 52.3 Å². The maximum absolute atomic E-state index is 12.7. The Morgan fingerprint density at radius 2 is 2.18 bits per heavy atom. The second kappa shape index (κ2) is 6.16. The fourth-order valence-corrected chi connectivity index (χ4v) is 3.22. The molecule has 1 amide bonds. The zero-order valence-corrected chi connectivity index (χ0v) is 14.3. The lowest BCUT2D eigenvalue weighted by Crippen LogP contribution is -2.33. The Balaban J connectivity index is 1.84. The number of benzene rings is 1. The molecule has 1 aromatic heterocycles. The number of hydrogen-bond acceptors (Lipinski definition) is 2. The van der Waals surface area contributed by atoms with Gasteiger partial charge in [-0.25, -0.2) is 0 Å². The van der Waals surface area contributed by atoms with Crippen molar-refractivity contribution in [1.29, 1.82) is 0 Å². The number of aromatic nitrogens is 1. The van der Waals surface area contributed by atoms with E-state index in [1.807, 2.05) is 41.1 Å². The minimum atomic E-state index is -0.0545. The quantitative estimate of drug-likeness (QED) is 0.893. The summed E-state index contributed by atoms with van der Waals surface area (Å²) >= 11 is 3.45. The van der Waals surface area contributed by atoms with Crippen LogP contribution in [0.1, 0.15) is 48.4 Å². The molecule has 1 N–H and O–H groups in total. The lowest BCUT2D eigenvalue weighted by atomic mass is 10.0. The molecule has 0 bridgehead atoms. The Bertz CT molecular complexity index is 694. The van der Waals surface area contributed by atoms with Gasteiger partial charge in [-0.1, -0.05) is 18.2 Å². The smallest absolute Gasteiger partial charge is 0.268 e. The number of ether oxygens (including phenoxy) is 1. The van der Waals surface area contributed by atoms with Crippen molar-refractivity contribution < 1.29 is 9.53 Å². The average molecular weight is 363 g/mol. The number of carbonyl (C=O) groups excluding carboxylic acids is 1. The molecule has 5 heteroatoms. The summed E-state index contributed by atoms with van der Waals surface area (Å²) in [6, 6.07) is 9.96. The van der Waals surface area contributed by atoms with Crippen molar-refractivity contribution in [2.24, 2.45) is 0 Å².